The number of carbonyl (C=O) groups is 1. The summed E-state index contributed by atoms with van der Waals surface area (Å²) < 4.78 is 1.88. The van der Waals surface area contributed by atoms with Gasteiger partial charge in [0, 0.05) is 81.5 Å². The zero-order valence-corrected chi connectivity index (χ0v) is 17.9. The van der Waals surface area contributed by atoms with Gasteiger partial charge in [-0.15, -0.1) is 0 Å². The topological polar surface area (TPSA) is 67.2 Å². The average molecular weight is 405 g/mol. The second kappa shape index (κ2) is 8.75. The third-order valence-electron chi connectivity index (χ3n) is 5.64. The first-order valence-corrected chi connectivity index (χ1v) is 10.5. The third kappa shape index (κ3) is 4.26. The standard InChI is InChI=1S/C23H28N6O/c1-4-21(30)18-6-5-7-19(14-18)22-23(25-9-8-24-22)29-12-10-28(11-13-29)16-20-15-27(3)26-17(20)2/h5-9,14-15H,4,10-13,16H2,1-3H3. The zero-order chi connectivity index (χ0) is 21.1. The van der Waals surface area contributed by atoms with Crippen molar-refractivity contribution in [3.05, 3.63) is 59.7 Å². The van der Waals surface area contributed by atoms with E-state index >= 15 is 0 Å². The van der Waals surface area contributed by atoms with Crippen LogP contribution in [0.3, 0.4) is 0 Å². The molecule has 30 heavy (non-hydrogen) atoms. The van der Waals surface area contributed by atoms with Gasteiger partial charge < -0.3 is 4.90 Å². The van der Waals surface area contributed by atoms with Gasteiger partial charge in [-0.3, -0.25) is 19.4 Å². The number of anilines is 1. The summed E-state index contributed by atoms with van der Waals surface area (Å²) in [4.78, 5) is 26.1. The fourth-order valence-electron chi connectivity index (χ4n) is 3.97. The molecule has 0 aliphatic carbocycles. The Morgan fingerprint density at radius 1 is 1.10 bits per heavy atom. The number of ketones is 1. The summed E-state index contributed by atoms with van der Waals surface area (Å²) in [6.07, 6.45) is 6.06. The van der Waals surface area contributed by atoms with E-state index < -0.39 is 0 Å². The quantitative estimate of drug-likeness (QED) is 0.588. The molecule has 0 radical (unpaired) electrons. The number of hydrogen-bond donors (Lipinski definition) is 0. The van der Waals surface area contributed by atoms with E-state index in [2.05, 4.69) is 38.0 Å². The summed E-state index contributed by atoms with van der Waals surface area (Å²) >= 11 is 0. The molecule has 1 aliphatic heterocycles. The fourth-order valence-corrected chi connectivity index (χ4v) is 3.97. The molecule has 7 nitrogen and oxygen atoms in total. The summed E-state index contributed by atoms with van der Waals surface area (Å²) in [5.74, 6) is 1.03. The van der Waals surface area contributed by atoms with E-state index in [0.717, 1.165) is 61.1 Å². The molecule has 1 fully saturated rings. The molecule has 0 atom stereocenters. The summed E-state index contributed by atoms with van der Waals surface area (Å²) in [5.41, 5.74) is 4.87. The Morgan fingerprint density at radius 2 is 1.87 bits per heavy atom. The van der Waals surface area contributed by atoms with Crippen LogP contribution in [0.5, 0.6) is 0 Å². The van der Waals surface area contributed by atoms with Crippen LogP contribution < -0.4 is 4.90 Å². The number of benzene rings is 1. The Hall–Kier alpha value is -3.06. The lowest BCUT2D eigenvalue weighted by Gasteiger charge is -2.35. The monoisotopic (exact) mass is 404 g/mol. The minimum atomic E-state index is 0.140. The molecular formula is C23H28N6O. The fraction of sp³-hybridized carbons (Fsp3) is 0.391. The minimum Gasteiger partial charge on any atom is -0.352 e. The first kappa shape index (κ1) is 20.2. The third-order valence-corrected chi connectivity index (χ3v) is 5.64. The molecule has 0 unspecified atom stereocenters. The molecule has 7 heteroatoms. The molecule has 0 N–H and O–H groups in total. The molecule has 0 amide bonds. The second-order valence-electron chi connectivity index (χ2n) is 7.76. The Labute approximate surface area is 177 Å². The maximum atomic E-state index is 12.1. The van der Waals surface area contributed by atoms with E-state index in [0.29, 0.717) is 6.42 Å². The second-order valence-corrected chi connectivity index (χ2v) is 7.76. The lowest BCUT2D eigenvalue weighted by Crippen LogP contribution is -2.46. The maximum absolute atomic E-state index is 12.1. The summed E-state index contributed by atoms with van der Waals surface area (Å²) in [6, 6.07) is 7.72. The molecule has 0 spiro atoms. The molecule has 4 rings (SSSR count). The highest BCUT2D eigenvalue weighted by atomic mass is 16.1. The number of hydrogen-bond acceptors (Lipinski definition) is 6. The molecule has 0 bridgehead atoms. The van der Waals surface area contributed by atoms with Crippen molar-refractivity contribution >= 4 is 11.6 Å². The summed E-state index contributed by atoms with van der Waals surface area (Å²) in [7, 11) is 1.97. The van der Waals surface area contributed by atoms with Gasteiger partial charge in [-0.05, 0) is 13.0 Å². The number of aromatic nitrogens is 4. The van der Waals surface area contributed by atoms with Crippen molar-refractivity contribution in [3.8, 4) is 11.3 Å². The van der Waals surface area contributed by atoms with Crippen LogP contribution in [0.25, 0.3) is 11.3 Å². The van der Waals surface area contributed by atoms with Crippen molar-refractivity contribution in [2.24, 2.45) is 7.05 Å². The lowest BCUT2D eigenvalue weighted by atomic mass is 10.0. The first-order chi connectivity index (χ1) is 14.5. The van der Waals surface area contributed by atoms with Gasteiger partial charge in [0.25, 0.3) is 0 Å². The highest BCUT2D eigenvalue weighted by Gasteiger charge is 2.22. The minimum absolute atomic E-state index is 0.140. The van der Waals surface area contributed by atoms with E-state index in [-0.39, 0.29) is 5.78 Å². The number of Topliss-reactive ketones (excluding diaryl/α,β-unsaturated/α-hetero) is 1. The Balaban J connectivity index is 1.50. The van der Waals surface area contributed by atoms with Gasteiger partial charge in [-0.2, -0.15) is 5.10 Å². The number of aryl methyl sites for hydroxylation is 2. The van der Waals surface area contributed by atoms with Crippen molar-refractivity contribution in [1.82, 2.24) is 24.6 Å². The van der Waals surface area contributed by atoms with Crippen LogP contribution in [-0.4, -0.2) is 56.6 Å². The predicted molar refractivity (Wildman–Crippen MR) is 118 cm³/mol. The molecule has 1 aromatic carbocycles. The average Bonchev–Trinajstić information content (AvgIpc) is 3.10. The Bertz CT molecular complexity index is 1040. The van der Waals surface area contributed by atoms with E-state index in [1.165, 1.54) is 5.56 Å². The van der Waals surface area contributed by atoms with Crippen molar-refractivity contribution < 1.29 is 4.79 Å². The highest BCUT2D eigenvalue weighted by molar-refractivity contribution is 5.97. The number of rotatable bonds is 6. The van der Waals surface area contributed by atoms with Gasteiger partial charge in [0.2, 0.25) is 0 Å². The molecule has 0 saturated carbocycles. The van der Waals surface area contributed by atoms with Crippen LogP contribution in [0.15, 0.2) is 42.9 Å². The van der Waals surface area contributed by atoms with E-state index in [1.807, 2.05) is 42.9 Å². The van der Waals surface area contributed by atoms with Gasteiger partial charge in [0.05, 0.1) is 5.69 Å². The van der Waals surface area contributed by atoms with Crippen LogP contribution >= 0.6 is 0 Å². The van der Waals surface area contributed by atoms with Gasteiger partial charge in [0.15, 0.2) is 11.6 Å². The van der Waals surface area contributed by atoms with Gasteiger partial charge in [0.1, 0.15) is 5.69 Å². The molecule has 156 valence electrons. The zero-order valence-electron chi connectivity index (χ0n) is 17.9. The van der Waals surface area contributed by atoms with Crippen LogP contribution in [-0.2, 0) is 13.6 Å². The number of nitrogens with zero attached hydrogens (tertiary/aromatic N) is 6. The van der Waals surface area contributed by atoms with Crippen molar-refractivity contribution in [2.75, 3.05) is 31.1 Å². The Morgan fingerprint density at radius 3 is 2.57 bits per heavy atom. The van der Waals surface area contributed by atoms with Gasteiger partial charge in [-0.25, -0.2) is 4.98 Å². The van der Waals surface area contributed by atoms with Crippen molar-refractivity contribution in [1.29, 1.82) is 0 Å². The van der Waals surface area contributed by atoms with Crippen molar-refractivity contribution in [3.63, 3.8) is 0 Å². The van der Waals surface area contributed by atoms with Gasteiger partial charge in [-0.1, -0.05) is 25.1 Å². The molecule has 3 aromatic rings. The molecule has 1 saturated heterocycles. The summed E-state index contributed by atoms with van der Waals surface area (Å²) in [5, 5.41) is 4.45. The normalized spacial score (nSPS) is 14.8. The molecular weight excluding hydrogens is 376 g/mol. The predicted octanol–water partition coefficient (Wildman–Crippen LogP) is 3.10. The molecule has 3 heterocycles. The molecule has 1 aliphatic rings. The van der Waals surface area contributed by atoms with Crippen molar-refractivity contribution in [2.45, 2.75) is 26.8 Å². The maximum Gasteiger partial charge on any atom is 0.162 e. The number of carbonyl (C=O) groups excluding carboxylic acids is 1. The van der Waals surface area contributed by atoms with E-state index in [4.69, 9.17) is 0 Å². The van der Waals surface area contributed by atoms with Crippen LogP contribution in [0, 0.1) is 6.92 Å². The Kier molecular flexibility index (Phi) is 5.90. The number of piperazine rings is 1. The van der Waals surface area contributed by atoms with E-state index in [9.17, 15) is 4.79 Å². The SMILES string of the molecule is CCC(=O)c1cccc(-c2nccnc2N2CCN(Cc3cn(C)nc3C)CC2)c1. The van der Waals surface area contributed by atoms with Crippen LogP contribution in [0.1, 0.15) is 35.0 Å². The highest BCUT2D eigenvalue weighted by Crippen LogP contribution is 2.28. The first-order valence-electron chi connectivity index (χ1n) is 10.5. The largest absolute Gasteiger partial charge is 0.352 e. The molecule has 2 aromatic heterocycles. The van der Waals surface area contributed by atoms with Crippen LogP contribution in [0.4, 0.5) is 5.82 Å². The van der Waals surface area contributed by atoms with Crippen LogP contribution in [0.2, 0.25) is 0 Å². The smallest absolute Gasteiger partial charge is 0.162 e. The van der Waals surface area contributed by atoms with Gasteiger partial charge >= 0.3 is 0 Å². The summed E-state index contributed by atoms with van der Waals surface area (Å²) in [6.45, 7) is 8.56. The lowest BCUT2D eigenvalue weighted by molar-refractivity contribution is 0.0988. The van der Waals surface area contributed by atoms with E-state index in [1.54, 1.807) is 12.4 Å².